The molecule has 1 unspecified atom stereocenters. The Morgan fingerprint density at radius 2 is 1.77 bits per heavy atom. The van der Waals surface area contributed by atoms with Gasteiger partial charge in [0.05, 0.1) is 5.69 Å². The number of carbonyl (C=O) groups excluding carboxylic acids is 1. The van der Waals surface area contributed by atoms with Crippen molar-refractivity contribution in [1.82, 2.24) is 19.8 Å². The van der Waals surface area contributed by atoms with E-state index in [1.807, 2.05) is 18.7 Å². The molecule has 1 saturated carbocycles. The largest absolute Gasteiger partial charge is 0.342 e. The van der Waals surface area contributed by atoms with Gasteiger partial charge in [-0.25, -0.2) is 4.98 Å². The van der Waals surface area contributed by atoms with Gasteiger partial charge in [-0.2, -0.15) is 0 Å². The zero-order valence-electron chi connectivity index (χ0n) is 19.4. The van der Waals surface area contributed by atoms with Crippen molar-refractivity contribution in [2.45, 2.75) is 83.5 Å². The van der Waals surface area contributed by atoms with Crippen molar-refractivity contribution in [2.75, 3.05) is 32.7 Å². The number of aromatic nitrogens is 2. The van der Waals surface area contributed by atoms with Crippen LogP contribution in [0.5, 0.6) is 0 Å². The first-order chi connectivity index (χ1) is 15.0. The molecule has 3 fully saturated rings. The number of aromatic amines is 1. The van der Waals surface area contributed by atoms with Crippen LogP contribution >= 0.6 is 0 Å². The first-order valence-corrected chi connectivity index (χ1v) is 12.6. The van der Waals surface area contributed by atoms with Crippen LogP contribution in [0.3, 0.4) is 0 Å². The molecule has 0 radical (unpaired) electrons. The molecule has 0 spiro atoms. The number of likely N-dealkylation sites (tertiary alicyclic amines) is 2. The van der Waals surface area contributed by atoms with Crippen molar-refractivity contribution in [2.24, 2.45) is 11.8 Å². The van der Waals surface area contributed by atoms with Gasteiger partial charge in [0.1, 0.15) is 5.82 Å². The number of amides is 1. The average Bonchev–Trinajstić information content (AvgIpc) is 2.79. The Labute approximate surface area is 186 Å². The van der Waals surface area contributed by atoms with Gasteiger partial charge >= 0.3 is 0 Å². The number of nitrogens with one attached hydrogen (secondary N) is 1. The summed E-state index contributed by atoms with van der Waals surface area (Å²) < 4.78 is 0. The van der Waals surface area contributed by atoms with Crippen molar-refractivity contribution < 1.29 is 4.79 Å². The molecule has 1 aromatic heterocycles. The number of carbonyl (C=O) groups is 1. The Kier molecular flexibility index (Phi) is 7.47. The number of hydrogen-bond donors (Lipinski definition) is 1. The molecule has 6 heteroatoms. The van der Waals surface area contributed by atoms with Gasteiger partial charge in [0.15, 0.2) is 0 Å². The molecule has 1 amide bonds. The monoisotopic (exact) mass is 428 g/mol. The van der Waals surface area contributed by atoms with Gasteiger partial charge < -0.3 is 14.8 Å². The van der Waals surface area contributed by atoms with E-state index in [-0.39, 0.29) is 23.3 Å². The fourth-order valence-electron chi connectivity index (χ4n) is 5.81. The maximum Gasteiger partial charge on any atom is 0.251 e. The lowest BCUT2D eigenvalue weighted by Gasteiger charge is -2.35. The van der Waals surface area contributed by atoms with E-state index >= 15 is 0 Å². The molecule has 1 aromatic rings. The van der Waals surface area contributed by atoms with Crippen LogP contribution in [0.25, 0.3) is 0 Å². The number of rotatable bonds is 5. The second-order valence-corrected chi connectivity index (χ2v) is 10.4. The number of H-pyrrole nitrogens is 1. The Morgan fingerprint density at radius 3 is 2.48 bits per heavy atom. The quantitative estimate of drug-likeness (QED) is 0.772. The van der Waals surface area contributed by atoms with Crippen LogP contribution < -0.4 is 5.56 Å². The molecule has 3 aliphatic rings. The molecule has 172 valence electrons. The summed E-state index contributed by atoms with van der Waals surface area (Å²) in [6.45, 7) is 8.88. The van der Waals surface area contributed by atoms with Gasteiger partial charge in [0.25, 0.3) is 5.56 Å². The van der Waals surface area contributed by atoms with Crippen LogP contribution in [-0.4, -0.2) is 58.4 Å². The lowest BCUT2D eigenvalue weighted by molar-refractivity contribution is -0.135. The molecule has 4 rings (SSSR count). The summed E-state index contributed by atoms with van der Waals surface area (Å²) in [5, 5.41) is 0. The highest BCUT2D eigenvalue weighted by molar-refractivity contribution is 5.78. The Balaban J connectivity index is 1.38. The van der Waals surface area contributed by atoms with Crippen LogP contribution in [-0.2, 0) is 4.79 Å². The highest BCUT2D eigenvalue weighted by atomic mass is 16.2. The molecule has 3 heterocycles. The summed E-state index contributed by atoms with van der Waals surface area (Å²) in [7, 11) is 0. The zero-order valence-corrected chi connectivity index (χ0v) is 19.4. The molecule has 2 saturated heterocycles. The number of nitrogens with zero attached hydrogens (tertiary/aromatic N) is 3. The lowest BCUT2D eigenvalue weighted by atomic mass is 9.87. The molecule has 0 bridgehead atoms. The molecule has 1 atom stereocenters. The van der Waals surface area contributed by atoms with E-state index < -0.39 is 0 Å². The fourth-order valence-corrected chi connectivity index (χ4v) is 5.81. The third-order valence-corrected chi connectivity index (χ3v) is 7.64. The average molecular weight is 429 g/mol. The summed E-state index contributed by atoms with van der Waals surface area (Å²) >= 11 is 0. The minimum absolute atomic E-state index is 0.0141. The second-order valence-electron chi connectivity index (χ2n) is 10.4. The molecular weight excluding hydrogens is 388 g/mol. The molecule has 1 aliphatic carbocycles. The van der Waals surface area contributed by atoms with E-state index in [1.165, 1.54) is 38.6 Å². The van der Waals surface area contributed by atoms with E-state index in [2.05, 4.69) is 9.88 Å². The normalized spacial score (nSPS) is 24.6. The Bertz CT molecular complexity index is 791. The first kappa shape index (κ1) is 22.5. The smallest absolute Gasteiger partial charge is 0.251 e. The summed E-state index contributed by atoms with van der Waals surface area (Å²) in [4.78, 5) is 37.5. The van der Waals surface area contributed by atoms with E-state index in [0.717, 1.165) is 62.8 Å². The fraction of sp³-hybridized carbons (Fsp3) is 0.800. The maximum absolute atomic E-state index is 12.5. The third-order valence-electron chi connectivity index (χ3n) is 7.64. The van der Waals surface area contributed by atoms with Crippen molar-refractivity contribution in [1.29, 1.82) is 0 Å². The van der Waals surface area contributed by atoms with Crippen molar-refractivity contribution >= 4 is 5.91 Å². The maximum atomic E-state index is 12.5. The molecule has 31 heavy (non-hydrogen) atoms. The van der Waals surface area contributed by atoms with Crippen LogP contribution in [0.1, 0.15) is 95.0 Å². The van der Waals surface area contributed by atoms with Crippen molar-refractivity contribution in [3.05, 3.63) is 27.9 Å². The molecule has 2 aliphatic heterocycles. The summed E-state index contributed by atoms with van der Waals surface area (Å²) in [6, 6.07) is 1.66. The first-order valence-electron chi connectivity index (χ1n) is 12.6. The van der Waals surface area contributed by atoms with Crippen LogP contribution in [0.4, 0.5) is 0 Å². The van der Waals surface area contributed by atoms with Gasteiger partial charge in [-0.15, -0.1) is 0 Å². The van der Waals surface area contributed by atoms with Gasteiger partial charge in [-0.3, -0.25) is 9.59 Å². The summed E-state index contributed by atoms with van der Waals surface area (Å²) in [5.41, 5.74) is 0.835. The van der Waals surface area contributed by atoms with E-state index in [9.17, 15) is 9.59 Å². The SMILES string of the molecule is CC(C)C(=O)N1CCCC(c2cc(=O)[nH]c(C3CCN(CC4CCCCC4)CC3)n2)C1. The van der Waals surface area contributed by atoms with E-state index in [4.69, 9.17) is 4.98 Å². The van der Waals surface area contributed by atoms with Crippen molar-refractivity contribution in [3.63, 3.8) is 0 Å². The van der Waals surface area contributed by atoms with Crippen LogP contribution in [0, 0.1) is 11.8 Å². The lowest BCUT2D eigenvalue weighted by Crippen LogP contribution is -2.41. The highest BCUT2D eigenvalue weighted by Gasteiger charge is 2.29. The predicted octanol–water partition coefficient (Wildman–Crippen LogP) is 3.89. The topological polar surface area (TPSA) is 69.3 Å². The van der Waals surface area contributed by atoms with Crippen LogP contribution in [0.15, 0.2) is 10.9 Å². The summed E-state index contributed by atoms with van der Waals surface area (Å²) in [6.07, 6.45) is 11.1. The van der Waals surface area contributed by atoms with Gasteiger partial charge in [0.2, 0.25) is 5.91 Å². The molecule has 1 N–H and O–H groups in total. The minimum Gasteiger partial charge on any atom is -0.342 e. The van der Waals surface area contributed by atoms with Crippen LogP contribution in [0.2, 0.25) is 0 Å². The standard InChI is InChI=1S/C25H40N4O2/c1-18(2)25(31)29-12-6-9-21(17-29)22-15-23(30)27-24(26-22)20-10-13-28(14-11-20)16-19-7-4-3-5-8-19/h15,18-21H,3-14,16-17H2,1-2H3,(H,26,27,30). The van der Waals surface area contributed by atoms with E-state index in [1.54, 1.807) is 6.07 Å². The Morgan fingerprint density at radius 1 is 1.03 bits per heavy atom. The highest BCUT2D eigenvalue weighted by Crippen LogP contribution is 2.31. The van der Waals surface area contributed by atoms with E-state index in [0.29, 0.717) is 12.5 Å². The zero-order chi connectivity index (χ0) is 21.8. The molecule has 0 aromatic carbocycles. The number of hydrogen-bond acceptors (Lipinski definition) is 4. The van der Waals surface area contributed by atoms with Gasteiger partial charge in [-0.05, 0) is 57.5 Å². The minimum atomic E-state index is -0.0445. The van der Waals surface area contributed by atoms with Gasteiger partial charge in [-0.1, -0.05) is 33.1 Å². The number of piperidine rings is 2. The third kappa shape index (κ3) is 5.76. The Hall–Kier alpha value is -1.69. The predicted molar refractivity (Wildman–Crippen MR) is 123 cm³/mol. The summed E-state index contributed by atoms with van der Waals surface area (Å²) in [5.74, 6) is 2.48. The molecule has 6 nitrogen and oxygen atoms in total. The van der Waals surface area contributed by atoms with Gasteiger partial charge in [0, 0.05) is 43.5 Å². The molecular formula is C25H40N4O2. The van der Waals surface area contributed by atoms with Crippen molar-refractivity contribution in [3.8, 4) is 0 Å². The second kappa shape index (κ2) is 10.3.